The van der Waals surface area contributed by atoms with Crippen LogP contribution in [0, 0.1) is 5.92 Å². The number of benzene rings is 1. The normalized spacial score (nSPS) is 11.3. The van der Waals surface area contributed by atoms with Gasteiger partial charge in [0.05, 0.1) is 26.8 Å². The summed E-state index contributed by atoms with van der Waals surface area (Å²) in [5.74, 6) is 0.540. The van der Waals surface area contributed by atoms with Crippen molar-refractivity contribution in [3.63, 3.8) is 0 Å². The Labute approximate surface area is 148 Å². The molecule has 0 radical (unpaired) electrons. The van der Waals surface area contributed by atoms with Gasteiger partial charge in [0.25, 0.3) is 0 Å². The van der Waals surface area contributed by atoms with E-state index in [0.29, 0.717) is 17.2 Å². The Morgan fingerprint density at radius 2 is 1.67 bits per heavy atom. The Hall–Kier alpha value is -1.99. The number of hydrogen-bond acceptors (Lipinski definition) is 5. The van der Waals surface area contributed by atoms with Crippen LogP contribution in [-0.2, 0) is 9.59 Å². The van der Waals surface area contributed by atoms with Gasteiger partial charge in [-0.15, -0.1) is 12.4 Å². The lowest BCUT2D eigenvalue weighted by Crippen LogP contribution is -2.47. The molecule has 2 amide bonds. The minimum atomic E-state index is -0.621. The molecule has 0 saturated heterocycles. The van der Waals surface area contributed by atoms with E-state index < -0.39 is 6.04 Å². The van der Waals surface area contributed by atoms with Gasteiger partial charge in [0.1, 0.15) is 11.5 Å². The number of nitrogens with two attached hydrogens (primary N) is 1. The van der Waals surface area contributed by atoms with Crippen molar-refractivity contribution >= 4 is 29.9 Å². The molecule has 0 unspecified atom stereocenters. The molecule has 1 atom stereocenters. The van der Waals surface area contributed by atoms with Crippen LogP contribution < -0.4 is 20.5 Å². The lowest BCUT2D eigenvalue weighted by molar-refractivity contribution is -0.135. The Morgan fingerprint density at radius 3 is 2.08 bits per heavy atom. The Kier molecular flexibility index (Phi) is 9.17. The summed E-state index contributed by atoms with van der Waals surface area (Å²) in [6, 6.07) is 4.42. The van der Waals surface area contributed by atoms with Gasteiger partial charge in [-0.25, -0.2) is 0 Å². The molecule has 0 aliphatic rings. The zero-order valence-corrected chi connectivity index (χ0v) is 15.5. The fraction of sp³-hybridized carbons (Fsp3) is 0.500. The molecule has 1 rings (SSSR count). The van der Waals surface area contributed by atoms with Crippen LogP contribution in [0.15, 0.2) is 18.2 Å². The number of carbonyl (C=O) groups is 2. The number of amides is 2. The monoisotopic (exact) mass is 359 g/mol. The molecule has 0 aromatic heterocycles. The molecule has 0 saturated carbocycles. The first-order valence-electron chi connectivity index (χ1n) is 7.32. The van der Waals surface area contributed by atoms with Crippen molar-refractivity contribution in [2.45, 2.75) is 19.9 Å². The van der Waals surface area contributed by atoms with Gasteiger partial charge in [-0.05, 0) is 5.92 Å². The van der Waals surface area contributed by atoms with Crippen LogP contribution in [0.5, 0.6) is 11.5 Å². The Morgan fingerprint density at radius 1 is 1.17 bits per heavy atom. The number of methoxy groups -OCH3 is 2. The van der Waals surface area contributed by atoms with Crippen molar-refractivity contribution in [2.75, 3.05) is 33.1 Å². The highest BCUT2D eigenvalue weighted by Gasteiger charge is 2.22. The number of carbonyl (C=O) groups excluding carboxylic acids is 2. The predicted octanol–water partition coefficient (Wildman–Crippen LogP) is 1.51. The van der Waals surface area contributed by atoms with Crippen LogP contribution in [0.3, 0.4) is 0 Å². The molecule has 0 aliphatic carbocycles. The summed E-state index contributed by atoms with van der Waals surface area (Å²) >= 11 is 0. The van der Waals surface area contributed by atoms with E-state index in [-0.39, 0.29) is 36.7 Å². The van der Waals surface area contributed by atoms with Gasteiger partial charge in [-0.2, -0.15) is 0 Å². The van der Waals surface area contributed by atoms with Crippen molar-refractivity contribution in [2.24, 2.45) is 11.7 Å². The maximum absolute atomic E-state index is 12.1. The summed E-state index contributed by atoms with van der Waals surface area (Å²) in [5, 5.41) is 2.71. The molecule has 0 spiro atoms. The summed E-state index contributed by atoms with van der Waals surface area (Å²) in [5.41, 5.74) is 6.34. The van der Waals surface area contributed by atoms with Gasteiger partial charge in [0, 0.05) is 30.9 Å². The summed E-state index contributed by atoms with van der Waals surface area (Å²) in [6.07, 6.45) is 0. The van der Waals surface area contributed by atoms with Gasteiger partial charge >= 0.3 is 0 Å². The number of ether oxygens (including phenoxy) is 2. The number of hydrogen-bond donors (Lipinski definition) is 2. The Bertz CT molecular complexity index is 544. The number of nitrogens with one attached hydrogen (secondary N) is 1. The third kappa shape index (κ3) is 6.25. The van der Waals surface area contributed by atoms with Gasteiger partial charge in [-0.3, -0.25) is 9.59 Å². The van der Waals surface area contributed by atoms with Crippen molar-refractivity contribution in [1.82, 2.24) is 4.90 Å². The fourth-order valence-corrected chi connectivity index (χ4v) is 1.91. The minimum Gasteiger partial charge on any atom is -0.497 e. The SMILES string of the molecule is COc1cc(NC(=O)CN(C)C(=O)[C@@H](N)C(C)C)cc(OC)c1.Cl. The van der Waals surface area contributed by atoms with Gasteiger partial charge in [0.2, 0.25) is 11.8 Å². The average molecular weight is 360 g/mol. The van der Waals surface area contributed by atoms with Crippen molar-refractivity contribution in [3.05, 3.63) is 18.2 Å². The largest absolute Gasteiger partial charge is 0.497 e. The average Bonchev–Trinajstić information content (AvgIpc) is 2.52. The molecule has 0 fully saturated rings. The first kappa shape index (κ1) is 22.0. The molecule has 1 aromatic rings. The quantitative estimate of drug-likeness (QED) is 0.769. The number of nitrogens with zero attached hydrogens (tertiary/aromatic N) is 1. The van der Waals surface area contributed by atoms with Crippen LogP contribution in [0.25, 0.3) is 0 Å². The van der Waals surface area contributed by atoms with Crippen LogP contribution in [0.4, 0.5) is 5.69 Å². The third-order valence-corrected chi connectivity index (χ3v) is 3.40. The van der Waals surface area contributed by atoms with E-state index in [0.717, 1.165) is 0 Å². The fourth-order valence-electron chi connectivity index (χ4n) is 1.91. The third-order valence-electron chi connectivity index (χ3n) is 3.40. The summed E-state index contributed by atoms with van der Waals surface area (Å²) < 4.78 is 10.3. The number of halogens is 1. The molecule has 7 nitrogen and oxygen atoms in total. The van der Waals surface area contributed by atoms with E-state index in [1.54, 1.807) is 25.2 Å². The molecule has 1 aromatic carbocycles. The molecule has 0 bridgehead atoms. The second-order valence-corrected chi connectivity index (χ2v) is 5.61. The summed E-state index contributed by atoms with van der Waals surface area (Å²) in [7, 11) is 4.61. The molecule has 0 aliphatic heterocycles. The molecule has 8 heteroatoms. The molecule has 3 N–H and O–H groups in total. The smallest absolute Gasteiger partial charge is 0.243 e. The van der Waals surface area contributed by atoms with Crippen LogP contribution in [-0.4, -0.2) is 50.6 Å². The first-order valence-corrected chi connectivity index (χ1v) is 7.32. The van der Waals surface area contributed by atoms with Crippen LogP contribution >= 0.6 is 12.4 Å². The number of likely N-dealkylation sites (N-methyl/N-ethyl adjacent to an activating group) is 1. The van der Waals surface area contributed by atoms with Gasteiger partial charge in [-0.1, -0.05) is 13.8 Å². The minimum absolute atomic E-state index is 0. The second-order valence-electron chi connectivity index (χ2n) is 5.61. The van der Waals surface area contributed by atoms with Crippen LogP contribution in [0.2, 0.25) is 0 Å². The highest BCUT2D eigenvalue weighted by molar-refractivity contribution is 5.95. The molecule has 0 heterocycles. The van der Waals surface area contributed by atoms with E-state index >= 15 is 0 Å². The van der Waals surface area contributed by atoms with Gasteiger partial charge < -0.3 is 25.4 Å². The van der Waals surface area contributed by atoms with E-state index in [9.17, 15) is 9.59 Å². The lowest BCUT2D eigenvalue weighted by atomic mass is 10.0. The standard InChI is InChI=1S/C16H25N3O4.ClH/c1-10(2)15(17)16(21)19(3)9-14(20)18-11-6-12(22-4)8-13(7-11)23-5;/h6-8,10,15H,9,17H2,1-5H3,(H,18,20);1H/t15-;/m0./s1. The molecular weight excluding hydrogens is 334 g/mol. The number of anilines is 1. The second kappa shape index (κ2) is 10.00. The maximum Gasteiger partial charge on any atom is 0.243 e. The van der Waals surface area contributed by atoms with E-state index in [2.05, 4.69) is 5.32 Å². The predicted molar refractivity (Wildman–Crippen MR) is 95.9 cm³/mol. The van der Waals surface area contributed by atoms with E-state index in [4.69, 9.17) is 15.2 Å². The highest BCUT2D eigenvalue weighted by Crippen LogP contribution is 2.25. The molecule has 136 valence electrons. The first-order chi connectivity index (χ1) is 10.8. The van der Waals surface area contributed by atoms with Crippen molar-refractivity contribution < 1.29 is 19.1 Å². The van der Waals surface area contributed by atoms with Crippen molar-refractivity contribution in [3.8, 4) is 11.5 Å². The number of rotatable bonds is 7. The maximum atomic E-state index is 12.1. The molecule has 24 heavy (non-hydrogen) atoms. The van der Waals surface area contributed by atoms with E-state index in [1.165, 1.54) is 19.1 Å². The zero-order valence-electron chi connectivity index (χ0n) is 14.7. The van der Waals surface area contributed by atoms with E-state index in [1.807, 2.05) is 13.8 Å². The highest BCUT2D eigenvalue weighted by atomic mass is 35.5. The Balaban J connectivity index is 0.00000529. The lowest BCUT2D eigenvalue weighted by Gasteiger charge is -2.23. The topological polar surface area (TPSA) is 93.9 Å². The van der Waals surface area contributed by atoms with Crippen LogP contribution in [0.1, 0.15) is 13.8 Å². The molecular formula is C16H26ClN3O4. The summed E-state index contributed by atoms with van der Waals surface area (Å²) in [4.78, 5) is 25.5. The zero-order chi connectivity index (χ0) is 17.6. The summed E-state index contributed by atoms with van der Waals surface area (Å²) in [6.45, 7) is 3.64. The van der Waals surface area contributed by atoms with Gasteiger partial charge in [0.15, 0.2) is 0 Å². The van der Waals surface area contributed by atoms with Crippen molar-refractivity contribution in [1.29, 1.82) is 0 Å².